The fourth-order valence-electron chi connectivity index (χ4n) is 2.89. The molecule has 0 unspecified atom stereocenters. The zero-order valence-corrected chi connectivity index (χ0v) is 13.3. The molecule has 118 valence electrons. The number of nitrogens with zero attached hydrogens (tertiary/aromatic N) is 2. The number of hydrogen-bond donors (Lipinski definition) is 2. The standard InChI is InChI=1S/C16H28N4O/c1-3-14-11-15(21-20-14)12-19-16(17-2)18-10-6-9-13-7-4-5-8-13/h11,13H,3-10,12H2,1-2H3,(H2,17,18,19). The van der Waals surface area contributed by atoms with Crippen molar-refractivity contribution in [1.29, 1.82) is 0 Å². The lowest BCUT2D eigenvalue weighted by atomic mass is 10.0. The molecule has 0 atom stereocenters. The predicted octanol–water partition coefficient (Wildman–Crippen LogP) is 2.87. The average molecular weight is 292 g/mol. The summed E-state index contributed by atoms with van der Waals surface area (Å²) in [5.74, 6) is 2.64. The van der Waals surface area contributed by atoms with Crippen LogP contribution in [-0.4, -0.2) is 24.7 Å². The third-order valence-electron chi connectivity index (χ3n) is 4.18. The van der Waals surface area contributed by atoms with E-state index in [1.807, 2.05) is 6.07 Å². The molecule has 1 saturated carbocycles. The Labute approximate surface area is 127 Å². The van der Waals surface area contributed by atoms with Gasteiger partial charge in [-0.25, -0.2) is 0 Å². The van der Waals surface area contributed by atoms with Crippen molar-refractivity contribution in [3.8, 4) is 0 Å². The normalized spacial score (nSPS) is 16.4. The zero-order valence-electron chi connectivity index (χ0n) is 13.3. The summed E-state index contributed by atoms with van der Waals surface area (Å²) in [6.07, 6.45) is 9.17. The SMILES string of the molecule is CCc1cc(CNC(=NC)NCCCC2CCCC2)on1. The molecule has 0 radical (unpaired) electrons. The predicted molar refractivity (Wildman–Crippen MR) is 85.3 cm³/mol. The Morgan fingerprint density at radius 1 is 1.38 bits per heavy atom. The number of guanidine groups is 1. The lowest BCUT2D eigenvalue weighted by molar-refractivity contribution is 0.374. The Hall–Kier alpha value is -1.52. The highest BCUT2D eigenvalue weighted by molar-refractivity contribution is 5.79. The highest BCUT2D eigenvalue weighted by atomic mass is 16.5. The third kappa shape index (κ3) is 5.40. The number of hydrogen-bond acceptors (Lipinski definition) is 3. The van der Waals surface area contributed by atoms with Crippen molar-refractivity contribution in [2.45, 2.75) is 58.4 Å². The second kappa shape index (κ2) is 8.70. The fourth-order valence-corrected chi connectivity index (χ4v) is 2.89. The molecule has 2 N–H and O–H groups in total. The molecule has 1 aliphatic rings. The molecule has 0 spiro atoms. The van der Waals surface area contributed by atoms with Crippen LogP contribution in [0, 0.1) is 5.92 Å². The van der Waals surface area contributed by atoms with Crippen LogP contribution >= 0.6 is 0 Å². The number of nitrogens with one attached hydrogen (secondary N) is 2. The van der Waals surface area contributed by atoms with Gasteiger partial charge in [0.05, 0.1) is 12.2 Å². The molecular weight excluding hydrogens is 264 g/mol. The number of aryl methyl sites for hydroxylation is 1. The minimum absolute atomic E-state index is 0.620. The van der Waals surface area contributed by atoms with Crippen molar-refractivity contribution >= 4 is 5.96 Å². The van der Waals surface area contributed by atoms with E-state index in [1.165, 1.54) is 38.5 Å². The monoisotopic (exact) mass is 292 g/mol. The van der Waals surface area contributed by atoms with Crippen LogP contribution in [0.5, 0.6) is 0 Å². The largest absolute Gasteiger partial charge is 0.359 e. The first-order valence-electron chi connectivity index (χ1n) is 8.20. The van der Waals surface area contributed by atoms with Crippen molar-refractivity contribution in [3.05, 3.63) is 17.5 Å². The number of aromatic nitrogens is 1. The molecular formula is C16H28N4O. The molecule has 1 aromatic heterocycles. The van der Waals surface area contributed by atoms with E-state index in [4.69, 9.17) is 4.52 Å². The van der Waals surface area contributed by atoms with Crippen LogP contribution < -0.4 is 10.6 Å². The Balaban J connectivity index is 1.61. The molecule has 1 heterocycles. The summed E-state index contributed by atoms with van der Waals surface area (Å²) in [6.45, 7) is 3.67. The minimum atomic E-state index is 0.620. The topological polar surface area (TPSA) is 62.5 Å². The van der Waals surface area contributed by atoms with Gasteiger partial charge in [0.2, 0.25) is 0 Å². The van der Waals surface area contributed by atoms with Gasteiger partial charge in [-0.3, -0.25) is 4.99 Å². The highest BCUT2D eigenvalue weighted by Gasteiger charge is 2.14. The maximum absolute atomic E-state index is 5.25. The first-order chi connectivity index (χ1) is 10.3. The summed E-state index contributed by atoms with van der Waals surface area (Å²) in [5.41, 5.74) is 0.992. The van der Waals surface area contributed by atoms with Gasteiger partial charge in [-0.05, 0) is 25.2 Å². The average Bonchev–Trinajstić information content (AvgIpc) is 3.17. The van der Waals surface area contributed by atoms with E-state index in [0.717, 1.165) is 36.3 Å². The van der Waals surface area contributed by atoms with Gasteiger partial charge in [-0.2, -0.15) is 0 Å². The Morgan fingerprint density at radius 3 is 2.86 bits per heavy atom. The van der Waals surface area contributed by atoms with Crippen LogP contribution in [0.15, 0.2) is 15.6 Å². The second-order valence-corrected chi connectivity index (χ2v) is 5.78. The van der Waals surface area contributed by atoms with Gasteiger partial charge >= 0.3 is 0 Å². The van der Waals surface area contributed by atoms with E-state index in [0.29, 0.717) is 6.54 Å². The molecule has 5 nitrogen and oxygen atoms in total. The maximum Gasteiger partial charge on any atom is 0.191 e. The van der Waals surface area contributed by atoms with Gasteiger partial charge in [-0.15, -0.1) is 0 Å². The molecule has 5 heteroatoms. The minimum Gasteiger partial charge on any atom is -0.359 e. The summed E-state index contributed by atoms with van der Waals surface area (Å²) in [5, 5.41) is 10.6. The lowest BCUT2D eigenvalue weighted by Crippen LogP contribution is -2.37. The Morgan fingerprint density at radius 2 is 2.19 bits per heavy atom. The van der Waals surface area contributed by atoms with E-state index >= 15 is 0 Å². The van der Waals surface area contributed by atoms with Gasteiger partial charge in [0.15, 0.2) is 11.7 Å². The van der Waals surface area contributed by atoms with E-state index in [1.54, 1.807) is 7.05 Å². The molecule has 2 rings (SSSR count). The van der Waals surface area contributed by atoms with Gasteiger partial charge < -0.3 is 15.2 Å². The molecule has 0 aliphatic heterocycles. The molecule has 1 fully saturated rings. The maximum atomic E-state index is 5.25. The van der Waals surface area contributed by atoms with Crippen LogP contribution in [0.25, 0.3) is 0 Å². The molecule has 21 heavy (non-hydrogen) atoms. The van der Waals surface area contributed by atoms with Crippen molar-refractivity contribution in [1.82, 2.24) is 15.8 Å². The van der Waals surface area contributed by atoms with E-state index in [2.05, 4.69) is 27.7 Å². The highest BCUT2D eigenvalue weighted by Crippen LogP contribution is 2.28. The quantitative estimate of drug-likeness (QED) is 0.461. The summed E-state index contributed by atoms with van der Waals surface area (Å²) >= 11 is 0. The zero-order chi connectivity index (χ0) is 14.9. The van der Waals surface area contributed by atoms with Crippen molar-refractivity contribution < 1.29 is 4.52 Å². The van der Waals surface area contributed by atoms with E-state index in [-0.39, 0.29) is 0 Å². The third-order valence-corrected chi connectivity index (χ3v) is 4.18. The second-order valence-electron chi connectivity index (χ2n) is 5.78. The summed E-state index contributed by atoms with van der Waals surface area (Å²) in [4.78, 5) is 4.23. The van der Waals surface area contributed by atoms with E-state index < -0.39 is 0 Å². The molecule has 0 saturated heterocycles. The Kier molecular flexibility index (Phi) is 6.57. The molecule has 0 amide bonds. The molecule has 1 aliphatic carbocycles. The van der Waals surface area contributed by atoms with Gasteiger partial charge in [0.1, 0.15) is 0 Å². The summed E-state index contributed by atoms with van der Waals surface area (Å²) < 4.78 is 5.25. The lowest BCUT2D eigenvalue weighted by Gasteiger charge is -2.12. The number of aliphatic imine (C=N–C) groups is 1. The molecule has 1 aromatic rings. The summed E-state index contributed by atoms with van der Waals surface area (Å²) in [6, 6.07) is 1.99. The van der Waals surface area contributed by atoms with Crippen molar-refractivity contribution in [2.75, 3.05) is 13.6 Å². The van der Waals surface area contributed by atoms with Crippen LogP contribution in [-0.2, 0) is 13.0 Å². The fraction of sp³-hybridized carbons (Fsp3) is 0.750. The number of rotatable bonds is 7. The van der Waals surface area contributed by atoms with Gasteiger partial charge in [0.25, 0.3) is 0 Å². The van der Waals surface area contributed by atoms with Crippen LogP contribution in [0.1, 0.15) is 56.9 Å². The Bertz CT molecular complexity index is 435. The van der Waals surface area contributed by atoms with E-state index in [9.17, 15) is 0 Å². The van der Waals surface area contributed by atoms with Crippen LogP contribution in [0.3, 0.4) is 0 Å². The van der Waals surface area contributed by atoms with Crippen LogP contribution in [0.4, 0.5) is 0 Å². The van der Waals surface area contributed by atoms with Gasteiger partial charge in [-0.1, -0.05) is 37.8 Å². The first kappa shape index (κ1) is 15.9. The smallest absolute Gasteiger partial charge is 0.191 e. The molecule has 0 aromatic carbocycles. The van der Waals surface area contributed by atoms with Crippen LogP contribution in [0.2, 0.25) is 0 Å². The van der Waals surface area contributed by atoms with Crippen molar-refractivity contribution in [3.63, 3.8) is 0 Å². The molecule has 0 bridgehead atoms. The summed E-state index contributed by atoms with van der Waals surface area (Å²) in [7, 11) is 1.80. The van der Waals surface area contributed by atoms with Gasteiger partial charge in [0, 0.05) is 19.7 Å². The first-order valence-corrected chi connectivity index (χ1v) is 8.20. The van der Waals surface area contributed by atoms with Crippen molar-refractivity contribution in [2.24, 2.45) is 10.9 Å².